The standard InChI is InChI=1S/C18H21N5O4/c24-16-7-2-8-23(16)13-5-1-4-12(10-13)20-18(25)19-11-15-21-17(27-22-15)14-6-3-9-26-14/h1,4-5,10,14H,2-3,6-9,11H2,(H2,19,20,25)/t14-/m1/s1. The van der Waals surface area contributed by atoms with Gasteiger partial charge in [0.25, 0.3) is 5.89 Å². The number of carbonyl (C=O) groups is 2. The van der Waals surface area contributed by atoms with Crippen molar-refractivity contribution in [3.05, 3.63) is 36.0 Å². The number of hydrogen-bond acceptors (Lipinski definition) is 6. The average Bonchev–Trinajstić information content (AvgIpc) is 3.41. The average molecular weight is 371 g/mol. The smallest absolute Gasteiger partial charge is 0.319 e. The van der Waals surface area contributed by atoms with Crippen molar-refractivity contribution in [1.29, 1.82) is 0 Å². The molecule has 0 saturated carbocycles. The summed E-state index contributed by atoms with van der Waals surface area (Å²) >= 11 is 0. The normalized spacial score (nSPS) is 19.5. The molecule has 3 amide bonds. The number of rotatable bonds is 5. The highest BCUT2D eigenvalue weighted by molar-refractivity contribution is 5.96. The van der Waals surface area contributed by atoms with E-state index in [4.69, 9.17) is 9.26 Å². The highest BCUT2D eigenvalue weighted by Crippen LogP contribution is 2.27. The number of nitrogens with one attached hydrogen (secondary N) is 2. The first-order chi connectivity index (χ1) is 13.2. The SMILES string of the molecule is O=C(NCc1noc([C@H]2CCCO2)n1)Nc1cccc(N2CCCC2=O)c1. The van der Waals surface area contributed by atoms with Gasteiger partial charge in [-0.25, -0.2) is 4.79 Å². The maximum absolute atomic E-state index is 12.1. The summed E-state index contributed by atoms with van der Waals surface area (Å²) in [6.07, 6.45) is 3.12. The van der Waals surface area contributed by atoms with Crippen LogP contribution in [0.4, 0.5) is 16.2 Å². The van der Waals surface area contributed by atoms with Crippen LogP contribution in [0.25, 0.3) is 0 Å². The lowest BCUT2D eigenvalue weighted by molar-refractivity contribution is -0.117. The Labute approximate surface area is 156 Å². The molecule has 0 radical (unpaired) electrons. The Balaban J connectivity index is 1.31. The lowest BCUT2D eigenvalue weighted by Gasteiger charge is -2.16. The van der Waals surface area contributed by atoms with Crippen LogP contribution in [0.2, 0.25) is 0 Å². The van der Waals surface area contributed by atoms with Gasteiger partial charge in [0.05, 0.1) is 6.54 Å². The fraction of sp³-hybridized carbons (Fsp3) is 0.444. The highest BCUT2D eigenvalue weighted by atomic mass is 16.5. The lowest BCUT2D eigenvalue weighted by Crippen LogP contribution is -2.29. The van der Waals surface area contributed by atoms with Crippen molar-refractivity contribution in [2.75, 3.05) is 23.4 Å². The topological polar surface area (TPSA) is 110 Å². The summed E-state index contributed by atoms with van der Waals surface area (Å²) in [5.41, 5.74) is 1.40. The van der Waals surface area contributed by atoms with Crippen LogP contribution in [0.1, 0.15) is 43.5 Å². The molecule has 1 aromatic heterocycles. The molecule has 2 fully saturated rings. The summed E-state index contributed by atoms with van der Waals surface area (Å²) < 4.78 is 10.7. The second kappa shape index (κ2) is 7.75. The number of nitrogens with zero attached hydrogens (tertiary/aromatic N) is 3. The highest BCUT2D eigenvalue weighted by Gasteiger charge is 2.24. The minimum atomic E-state index is -0.386. The van der Waals surface area contributed by atoms with Gasteiger partial charge in [-0.05, 0) is 37.5 Å². The molecule has 2 aliphatic heterocycles. The summed E-state index contributed by atoms with van der Waals surface area (Å²) in [7, 11) is 0. The number of amides is 3. The third-order valence-electron chi connectivity index (χ3n) is 4.59. The van der Waals surface area contributed by atoms with E-state index in [-0.39, 0.29) is 24.6 Å². The van der Waals surface area contributed by atoms with Crippen molar-refractivity contribution < 1.29 is 18.8 Å². The van der Waals surface area contributed by atoms with Crippen LogP contribution in [0.5, 0.6) is 0 Å². The van der Waals surface area contributed by atoms with Crippen LogP contribution in [0.15, 0.2) is 28.8 Å². The quantitative estimate of drug-likeness (QED) is 0.835. The fourth-order valence-electron chi connectivity index (χ4n) is 3.25. The van der Waals surface area contributed by atoms with Crippen LogP contribution in [0.3, 0.4) is 0 Å². The molecule has 0 spiro atoms. The van der Waals surface area contributed by atoms with Crippen LogP contribution in [0, 0.1) is 0 Å². The van der Waals surface area contributed by atoms with Gasteiger partial charge < -0.3 is 24.8 Å². The molecular formula is C18H21N5O4. The zero-order valence-electron chi connectivity index (χ0n) is 14.8. The van der Waals surface area contributed by atoms with E-state index >= 15 is 0 Å². The fourth-order valence-corrected chi connectivity index (χ4v) is 3.25. The molecule has 4 rings (SSSR count). The third-order valence-corrected chi connectivity index (χ3v) is 4.59. The maximum atomic E-state index is 12.1. The van der Waals surface area contributed by atoms with Gasteiger partial charge in [0.1, 0.15) is 6.10 Å². The predicted octanol–water partition coefficient (Wildman–Crippen LogP) is 2.37. The van der Waals surface area contributed by atoms with E-state index in [9.17, 15) is 9.59 Å². The van der Waals surface area contributed by atoms with E-state index in [0.29, 0.717) is 37.0 Å². The van der Waals surface area contributed by atoms with E-state index in [0.717, 1.165) is 24.9 Å². The molecule has 27 heavy (non-hydrogen) atoms. The minimum absolute atomic E-state index is 0.107. The molecular weight excluding hydrogens is 350 g/mol. The van der Waals surface area contributed by atoms with Gasteiger partial charge in [0.2, 0.25) is 5.91 Å². The summed E-state index contributed by atoms with van der Waals surface area (Å²) in [5, 5.41) is 9.31. The molecule has 2 aliphatic rings. The molecule has 9 heteroatoms. The number of benzene rings is 1. The van der Waals surface area contributed by atoms with Gasteiger partial charge in [-0.3, -0.25) is 4.79 Å². The Morgan fingerprint density at radius 3 is 3.04 bits per heavy atom. The molecule has 142 valence electrons. The molecule has 9 nitrogen and oxygen atoms in total. The van der Waals surface area contributed by atoms with Crippen molar-refractivity contribution >= 4 is 23.3 Å². The number of ether oxygens (including phenoxy) is 1. The Morgan fingerprint density at radius 1 is 1.33 bits per heavy atom. The predicted molar refractivity (Wildman–Crippen MR) is 96.1 cm³/mol. The number of carbonyl (C=O) groups excluding carboxylic acids is 2. The summed E-state index contributed by atoms with van der Waals surface area (Å²) in [4.78, 5) is 30.0. The Morgan fingerprint density at radius 2 is 2.26 bits per heavy atom. The number of urea groups is 1. The van der Waals surface area contributed by atoms with Gasteiger partial charge in [-0.1, -0.05) is 11.2 Å². The Hall–Kier alpha value is -2.94. The van der Waals surface area contributed by atoms with Gasteiger partial charge in [-0.15, -0.1) is 0 Å². The van der Waals surface area contributed by atoms with Gasteiger partial charge >= 0.3 is 6.03 Å². The van der Waals surface area contributed by atoms with Gasteiger partial charge in [0.15, 0.2) is 5.82 Å². The minimum Gasteiger partial charge on any atom is -0.368 e. The van der Waals surface area contributed by atoms with Crippen molar-refractivity contribution in [2.45, 2.75) is 38.3 Å². The molecule has 2 aromatic rings. The van der Waals surface area contributed by atoms with E-state index in [2.05, 4.69) is 20.8 Å². The molecule has 0 aliphatic carbocycles. The van der Waals surface area contributed by atoms with Crippen molar-refractivity contribution in [3.63, 3.8) is 0 Å². The van der Waals surface area contributed by atoms with Gasteiger partial charge in [0, 0.05) is 30.9 Å². The first-order valence-electron chi connectivity index (χ1n) is 9.08. The Kier molecular flexibility index (Phi) is 5.01. The lowest BCUT2D eigenvalue weighted by atomic mass is 10.2. The van der Waals surface area contributed by atoms with Crippen LogP contribution in [-0.4, -0.2) is 35.2 Å². The summed E-state index contributed by atoms with van der Waals surface area (Å²) in [6, 6.07) is 6.84. The molecule has 2 saturated heterocycles. The molecule has 1 atom stereocenters. The summed E-state index contributed by atoms with van der Waals surface area (Å²) in [5.74, 6) is 0.954. The van der Waals surface area contributed by atoms with E-state index in [1.54, 1.807) is 17.0 Å². The third kappa shape index (κ3) is 4.08. The van der Waals surface area contributed by atoms with Crippen LogP contribution in [-0.2, 0) is 16.1 Å². The molecule has 3 heterocycles. The van der Waals surface area contributed by atoms with E-state index in [1.807, 2.05) is 12.1 Å². The van der Waals surface area contributed by atoms with Crippen molar-refractivity contribution in [1.82, 2.24) is 15.5 Å². The number of anilines is 2. The second-order valence-electron chi connectivity index (χ2n) is 6.56. The zero-order chi connectivity index (χ0) is 18.6. The van der Waals surface area contributed by atoms with Gasteiger partial charge in [-0.2, -0.15) is 4.98 Å². The van der Waals surface area contributed by atoms with Crippen molar-refractivity contribution in [3.8, 4) is 0 Å². The monoisotopic (exact) mass is 371 g/mol. The largest absolute Gasteiger partial charge is 0.368 e. The Bertz CT molecular complexity index is 831. The van der Waals surface area contributed by atoms with Crippen molar-refractivity contribution in [2.24, 2.45) is 0 Å². The first kappa shape index (κ1) is 17.5. The molecule has 1 aromatic carbocycles. The summed E-state index contributed by atoms with van der Waals surface area (Å²) in [6.45, 7) is 1.55. The molecule has 0 bridgehead atoms. The molecule has 2 N–H and O–H groups in total. The first-order valence-corrected chi connectivity index (χ1v) is 9.08. The number of aromatic nitrogens is 2. The number of hydrogen-bond donors (Lipinski definition) is 2. The second-order valence-corrected chi connectivity index (χ2v) is 6.56. The van der Waals surface area contributed by atoms with E-state index in [1.165, 1.54) is 0 Å². The zero-order valence-corrected chi connectivity index (χ0v) is 14.8. The van der Waals surface area contributed by atoms with Crippen LogP contribution >= 0.6 is 0 Å². The van der Waals surface area contributed by atoms with E-state index < -0.39 is 0 Å². The maximum Gasteiger partial charge on any atom is 0.319 e. The van der Waals surface area contributed by atoms with Crippen LogP contribution < -0.4 is 15.5 Å². The molecule has 0 unspecified atom stereocenters.